The van der Waals surface area contributed by atoms with Crippen molar-refractivity contribution in [3.05, 3.63) is 148 Å². The Labute approximate surface area is 344 Å². The molecule has 0 bridgehead atoms. The van der Waals surface area contributed by atoms with E-state index in [9.17, 15) is 14.7 Å². The molecule has 1 aliphatic heterocycles. The highest BCUT2D eigenvalue weighted by molar-refractivity contribution is 6.74. The van der Waals surface area contributed by atoms with E-state index < -0.39 is 44.0 Å². The number of aromatic nitrogens is 4. The van der Waals surface area contributed by atoms with Gasteiger partial charge >= 0.3 is 0 Å². The van der Waals surface area contributed by atoms with Crippen LogP contribution >= 0.6 is 0 Å². The third-order valence-electron chi connectivity index (χ3n) is 11.4. The Balaban J connectivity index is 1.27. The number of benzene rings is 4. The van der Waals surface area contributed by atoms with Crippen LogP contribution in [0.2, 0.25) is 18.1 Å². The van der Waals surface area contributed by atoms with Gasteiger partial charge in [-0.15, -0.1) is 0 Å². The summed E-state index contributed by atoms with van der Waals surface area (Å²) in [5.74, 6) is 1.29. The van der Waals surface area contributed by atoms with Crippen LogP contribution in [0.25, 0.3) is 11.2 Å². The van der Waals surface area contributed by atoms with Gasteiger partial charge in [-0.25, -0.2) is 4.98 Å². The van der Waals surface area contributed by atoms with Crippen molar-refractivity contribution in [3.8, 4) is 11.5 Å². The monoisotopic (exact) mass is 817 g/mol. The topological polar surface area (TPSA) is 159 Å². The normalized spacial score (nSPS) is 18.5. The van der Waals surface area contributed by atoms with Gasteiger partial charge in [0.2, 0.25) is 5.95 Å². The number of methoxy groups -OCH3 is 2. The summed E-state index contributed by atoms with van der Waals surface area (Å²) in [5.41, 5.74) is 1.60. The lowest BCUT2D eigenvalue weighted by molar-refractivity contribution is -0.0940. The number of imidazole rings is 1. The van der Waals surface area contributed by atoms with Crippen molar-refractivity contribution in [2.75, 3.05) is 32.7 Å². The van der Waals surface area contributed by atoms with Crippen LogP contribution in [0.5, 0.6) is 11.5 Å². The van der Waals surface area contributed by atoms with Gasteiger partial charge in [-0.3, -0.25) is 19.1 Å². The van der Waals surface area contributed by atoms with Crippen LogP contribution in [0.1, 0.15) is 54.0 Å². The number of nitrogens with zero attached hydrogens (tertiary/aromatic N) is 3. The number of H-pyrrole nitrogens is 1. The lowest BCUT2D eigenvalue weighted by atomic mass is 9.80. The molecule has 4 atom stereocenters. The van der Waals surface area contributed by atoms with E-state index in [1.165, 1.54) is 6.33 Å². The molecule has 3 N–H and O–H groups in total. The van der Waals surface area contributed by atoms with Crippen molar-refractivity contribution in [2.24, 2.45) is 0 Å². The molecule has 3 heterocycles. The average molecular weight is 818 g/mol. The summed E-state index contributed by atoms with van der Waals surface area (Å²) < 4.78 is 33.6. The zero-order chi connectivity index (χ0) is 42.0. The quantitative estimate of drug-likeness (QED) is 0.0552. The standard InChI is InChI=1S/C45H51N5O8Si/c1-44(2,3)59(6,7)58-39-38(52)36(57-42(39)50-28-47-37-40(50)48-43(49-41(37)53)46-26-35(51)29-14-10-8-11-15-29)27-56-45(30-16-12-9-13-17-30,31-18-22-33(54-4)23-19-31)32-20-24-34(55-5)25-21-32/h8-25,28,36,38-39,42,52H,26-27H2,1-7H3,(H2,46,48,49,53)/t36-,38-,39-,42-/m1/s1. The third kappa shape index (κ3) is 8.32. The highest BCUT2D eigenvalue weighted by Crippen LogP contribution is 2.45. The summed E-state index contributed by atoms with van der Waals surface area (Å²) in [6.45, 7) is 10.4. The molecule has 0 amide bonds. The zero-order valence-electron chi connectivity index (χ0n) is 34.3. The average Bonchev–Trinajstić information content (AvgIpc) is 3.80. The molecule has 59 heavy (non-hydrogen) atoms. The van der Waals surface area contributed by atoms with Crippen LogP contribution in [0.15, 0.2) is 120 Å². The van der Waals surface area contributed by atoms with E-state index in [0.29, 0.717) is 17.1 Å². The molecule has 4 aromatic carbocycles. The molecule has 308 valence electrons. The molecule has 13 nitrogen and oxygen atoms in total. The van der Waals surface area contributed by atoms with Gasteiger partial charge < -0.3 is 33.8 Å². The molecule has 1 aliphatic rings. The number of carbonyl (C=O) groups is 1. The van der Waals surface area contributed by atoms with Crippen molar-refractivity contribution in [1.29, 1.82) is 0 Å². The SMILES string of the molecule is COc1ccc(C(OC[C@H]2O[C@@H](n3cnc4c(=O)[nH]c(NCC(=O)c5ccccc5)nc43)[C@H](O[Si](C)(C)C(C)(C)C)[C@@H]2O)(c2ccccc2)c2ccc(OC)cc2)cc1. The van der Waals surface area contributed by atoms with Crippen LogP contribution in [0.4, 0.5) is 5.95 Å². The number of hydrogen-bond donors (Lipinski definition) is 3. The van der Waals surface area contributed by atoms with Crippen molar-refractivity contribution in [2.45, 2.75) is 69.0 Å². The van der Waals surface area contributed by atoms with Crippen LogP contribution in [-0.2, 0) is 19.5 Å². The minimum atomic E-state index is -2.55. The Morgan fingerprint density at radius 2 is 1.42 bits per heavy atom. The first-order valence-corrected chi connectivity index (χ1v) is 22.5. The predicted octanol–water partition coefficient (Wildman–Crippen LogP) is 7.09. The minimum Gasteiger partial charge on any atom is -0.497 e. The van der Waals surface area contributed by atoms with E-state index in [1.807, 2.05) is 84.9 Å². The summed E-state index contributed by atoms with van der Waals surface area (Å²) in [6, 6.07) is 34.2. The van der Waals surface area contributed by atoms with E-state index in [0.717, 1.165) is 16.7 Å². The van der Waals surface area contributed by atoms with Crippen LogP contribution in [-0.4, -0.2) is 84.4 Å². The molecule has 0 unspecified atom stereocenters. The minimum absolute atomic E-state index is 0.0657. The Morgan fingerprint density at radius 1 is 0.864 bits per heavy atom. The number of aliphatic hydroxyl groups excluding tert-OH is 1. The Hall–Kier alpha value is -5.64. The second kappa shape index (κ2) is 16.9. The number of rotatable bonds is 15. The summed E-state index contributed by atoms with van der Waals surface area (Å²) in [7, 11) is 0.688. The number of anilines is 1. The second-order valence-electron chi connectivity index (χ2n) is 16.1. The van der Waals surface area contributed by atoms with E-state index in [1.54, 1.807) is 43.1 Å². The number of nitrogens with one attached hydrogen (secondary N) is 2. The number of aromatic amines is 1. The maximum atomic E-state index is 13.4. The molecule has 0 saturated carbocycles. The van der Waals surface area contributed by atoms with Crippen molar-refractivity contribution >= 4 is 31.2 Å². The first-order valence-electron chi connectivity index (χ1n) is 19.5. The lowest BCUT2D eigenvalue weighted by Gasteiger charge is -2.40. The van der Waals surface area contributed by atoms with Crippen molar-refractivity contribution in [1.82, 2.24) is 19.5 Å². The van der Waals surface area contributed by atoms with Gasteiger partial charge in [0.15, 0.2) is 31.5 Å². The fraction of sp³-hybridized carbons (Fsp3) is 0.333. The molecular formula is C45H51N5O8Si. The largest absolute Gasteiger partial charge is 0.497 e. The van der Waals surface area contributed by atoms with E-state index in [2.05, 4.69) is 49.1 Å². The van der Waals surface area contributed by atoms with E-state index >= 15 is 0 Å². The molecule has 14 heteroatoms. The number of hydrogen-bond acceptors (Lipinski definition) is 11. The van der Waals surface area contributed by atoms with E-state index in [4.69, 9.17) is 28.4 Å². The Kier molecular flexibility index (Phi) is 11.9. The van der Waals surface area contributed by atoms with Crippen LogP contribution in [0, 0.1) is 0 Å². The van der Waals surface area contributed by atoms with Gasteiger partial charge in [-0.2, -0.15) is 4.98 Å². The van der Waals surface area contributed by atoms with Gasteiger partial charge in [-0.05, 0) is 59.1 Å². The van der Waals surface area contributed by atoms with Crippen LogP contribution in [0.3, 0.4) is 0 Å². The van der Waals surface area contributed by atoms with Gasteiger partial charge in [0, 0.05) is 5.56 Å². The number of ether oxygens (including phenoxy) is 4. The molecule has 0 spiro atoms. The summed E-state index contributed by atoms with van der Waals surface area (Å²) >= 11 is 0. The third-order valence-corrected chi connectivity index (χ3v) is 15.9. The van der Waals surface area contributed by atoms with Gasteiger partial charge in [-0.1, -0.05) is 106 Å². The molecule has 1 saturated heterocycles. The molecule has 2 aromatic heterocycles. The number of ketones is 1. The smallest absolute Gasteiger partial charge is 0.280 e. The highest BCUT2D eigenvalue weighted by atomic mass is 28.4. The molecule has 1 fully saturated rings. The molecule has 0 radical (unpaired) electrons. The summed E-state index contributed by atoms with van der Waals surface area (Å²) in [5, 5.41) is 15.1. The predicted molar refractivity (Wildman–Crippen MR) is 228 cm³/mol. The first-order chi connectivity index (χ1) is 28.3. The highest BCUT2D eigenvalue weighted by Gasteiger charge is 2.52. The zero-order valence-corrected chi connectivity index (χ0v) is 35.3. The lowest BCUT2D eigenvalue weighted by Crippen LogP contribution is -2.49. The van der Waals surface area contributed by atoms with Gasteiger partial charge in [0.25, 0.3) is 5.56 Å². The Bertz CT molecular complexity index is 2370. The van der Waals surface area contributed by atoms with Gasteiger partial charge in [0.1, 0.15) is 35.4 Å². The summed E-state index contributed by atoms with van der Waals surface area (Å²) in [6.07, 6.45) is -2.46. The Morgan fingerprint density at radius 3 is 1.98 bits per heavy atom. The number of carbonyl (C=O) groups excluding carboxylic acids is 1. The molecule has 6 aromatic rings. The summed E-state index contributed by atoms with van der Waals surface area (Å²) in [4.78, 5) is 38.1. The molecule has 0 aliphatic carbocycles. The molecule has 7 rings (SSSR count). The van der Waals surface area contributed by atoms with Crippen LogP contribution < -0.4 is 20.3 Å². The maximum absolute atomic E-state index is 13.4. The van der Waals surface area contributed by atoms with Gasteiger partial charge in [0.05, 0.1) is 33.7 Å². The fourth-order valence-corrected chi connectivity index (χ4v) is 8.38. The van der Waals surface area contributed by atoms with Crippen molar-refractivity contribution in [3.63, 3.8) is 0 Å². The number of aliphatic hydroxyl groups is 1. The number of fused-ring (bicyclic) bond motifs is 1. The van der Waals surface area contributed by atoms with Crippen molar-refractivity contribution < 1.29 is 33.3 Å². The fourth-order valence-electron chi connectivity index (χ4n) is 7.09. The van der Waals surface area contributed by atoms with E-state index in [-0.39, 0.29) is 41.1 Å². The first kappa shape index (κ1) is 41.5. The maximum Gasteiger partial charge on any atom is 0.280 e. The molecular weight excluding hydrogens is 767 g/mol. The number of Topliss-reactive ketones (excluding diaryl/α,β-unsaturated/α-hetero) is 1. The second-order valence-corrected chi connectivity index (χ2v) is 20.9.